The molecule has 10 heteroatoms. The monoisotopic (exact) mass is 534 g/mol. The fourth-order valence-corrected chi connectivity index (χ4v) is 4.63. The highest BCUT2D eigenvalue weighted by Crippen LogP contribution is 2.19. The van der Waals surface area contributed by atoms with Gasteiger partial charge in [-0.2, -0.15) is 0 Å². The van der Waals surface area contributed by atoms with Crippen LogP contribution in [0.5, 0.6) is 0 Å². The number of benzene rings is 1. The van der Waals surface area contributed by atoms with E-state index in [1.807, 2.05) is 37.3 Å². The molecule has 0 aliphatic carbocycles. The maximum Gasteiger partial charge on any atom is 0.306 e. The Morgan fingerprint density at radius 1 is 0.974 bits per heavy atom. The van der Waals surface area contributed by atoms with Crippen molar-refractivity contribution in [3.8, 4) is 0 Å². The number of amides is 3. The van der Waals surface area contributed by atoms with E-state index in [0.29, 0.717) is 64.5 Å². The van der Waals surface area contributed by atoms with Gasteiger partial charge in [0.25, 0.3) is 0 Å². The number of alkyl halides is 1. The first kappa shape index (κ1) is 31.2. The Labute approximate surface area is 224 Å². The summed E-state index contributed by atoms with van der Waals surface area (Å²) in [5, 5.41) is 14.8. The molecule has 1 heterocycles. The fraction of sp³-hybridized carbons (Fsp3) is 0.643. The van der Waals surface area contributed by atoms with Gasteiger partial charge in [-0.15, -0.1) is 0 Å². The molecular formula is C28H43FN4O5. The summed E-state index contributed by atoms with van der Waals surface area (Å²) in [6.07, 6.45) is 4.84. The number of piperidine rings is 1. The van der Waals surface area contributed by atoms with Crippen molar-refractivity contribution < 1.29 is 28.7 Å². The minimum atomic E-state index is -0.904. The van der Waals surface area contributed by atoms with Gasteiger partial charge in [-0.3, -0.25) is 23.6 Å². The standard InChI is InChI=1S/C28H43FN4O5/c1-2-3-12-24(27(36)33-17-14-21(15-18-33)28(37)38)32-26(35)23(13-8-5-9-16-29)31-25(34)22(30)19-20-10-6-4-7-11-20/h4,6-7,10-11,21-24H,2-3,5,8-9,12-19,30H2,1H3,(H,31,34)(H,32,35)(H,37,38)/t22-,23-,24?/m1/s1. The van der Waals surface area contributed by atoms with Gasteiger partial charge in [0.2, 0.25) is 17.7 Å². The van der Waals surface area contributed by atoms with Gasteiger partial charge < -0.3 is 26.4 Å². The zero-order valence-electron chi connectivity index (χ0n) is 22.4. The molecule has 1 aromatic carbocycles. The Morgan fingerprint density at radius 2 is 1.61 bits per heavy atom. The second-order valence-electron chi connectivity index (χ2n) is 10.0. The predicted octanol–water partition coefficient (Wildman–Crippen LogP) is 2.57. The van der Waals surface area contributed by atoms with Crippen molar-refractivity contribution in [3.63, 3.8) is 0 Å². The van der Waals surface area contributed by atoms with Crippen molar-refractivity contribution in [1.82, 2.24) is 15.5 Å². The molecule has 5 N–H and O–H groups in total. The van der Waals surface area contributed by atoms with E-state index >= 15 is 0 Å². The fourth-order valence-electron chi connectivity index (χ4n) is 4.63. The molecular weight excluding hydrogens is 491 g/mol. The Morgan fingerprint density at radius 3 is 2.21 bits per heavy atom. The number of likely N-dealkylation sites (tertiary alicyclic amines) is 1. The molecule has 1 fully saturated rings. The number of unbranched alkanes of at least 4 members (excludes halogenated alkanes) is 3. The molecule has 212 valence electrons. The molecule has 0 aromatic heterocycles. The molecule has 1 unspecified atom stereocenters. The Hall–Kier alpha value is -3.01. The molecule has 1 aliphatic heterocycles. The topological polar surface area (TPSA) is 142 Å². The molecule has 3 atom stereocenters. The van der Waals surface area contributed by atoms with Crippen molar-refractivity contribution >= 4 is 23.7 Å². The van der Waals surface area contributed by atoms with Crippen LogP contribution < -0.4 is 16.4 Å². The van der Waals surface area contributed by atoms with Gasteiger partial charge in [-0.05, 0) is 44.1 Å². The van der Waals surface area contributed by atoms with Crippen LogP contribution >= 0.6 is 0 Å². The highest BCUT2D eigenvalue weighted by Gasteiger charge is 2.33. The van der Waals surface area contributed by atoms with E-state index in [-0.39, 0.29) is 5.91 Å². The number of halogens is 1. The summed E-state index contributed by atoms with van der Waals surface area (Å²) in [4.78, 5) is 52.4. The van der Waals surface area contributed by atoms with Gasteiger partial charge in [0, 0.05) is 13.1 Å². The number of aliphatic carboxylic acids is 1. The van der Waals surface area contributed by atoms with Crippen molar-refractivity contribution in [3.05, 3.63) is 35.9 Å². The lowest BCUT2D eigenvalue weighted by atomic mass is 9.96. The third-order valence-corrected chi connectivity index (χ3v) is 7.01. The highest BCUT2D eigenvalue weighted by molar-refractivity contribution is 5.93. The van der Waals surface area contributed by atoms with Gasteiger partial charge in [0.05, 0.1) is 18.6 Å². The second kappa shape index (κ2) is 16.8. The highest BCUT2D eigenvalue weighted by atomic mass is 19.1. The Kier molecular flexibility index (Phi) is 13.8. The molecule has 9 nitrogen and oxygen atoms in total. The van der Waals surface area contributed by atoms with Crippen LogP contribution in [0.3, 0.4) is 0 Å². The Balaban J connectivity index is 2.06. The first-order valence-corrected chi connectivity index (χ1v) is 13.7. The van der Waals surface area contributed by atoms with E-state index in [0.717, 1.165) is 18.4 Å². The molecule has 1 saturated heterocycles. The lowest BCUT2D eigenvalue weighted by Gasteiger charge is -2.33. The first-order valence-electron chi connectivity index (χ1n) is 13.7. The maximum absolute atomic E-state index is 13.3. The maximum atomic E-state index is 13.3. The number of carbonyl (C=O) groups excluding carboxylic acids is 3. The van der Waals surface area contributed by atoms with E-state index in [2.05, 4.69) is 10.6 Å². The number of carboxylic acids is 1. The molecule has 38 heavy (non-hydrogen) atoms. The number of hydrogen-bond acceptors (Lipinski definition) is 5. The smallest absolute Gasteiger partial charge is 0.306 e. The van der Waals surface area contributed by atoms with Crippen molar-refractivity contribution in [2.45, 2.75) is 89.3 Å². The zero-order valence-corrected chi connectivity index (χ0v) is 22.4. The summed E-state index contributed by atoms with van der Waals surface area (Å²) in [5.74, 6) is -2.50. The van der Waals surface area contributed by atoms with Crippen molar-refractivity contribution in [1.29, 1.82) is 0 Å². The number of carbonyl (C=O) groups is 4. The second-order valence-corrected chi connectivity index (χ2v) is 10.0. The van der Waals surface area contributed by atoms with Crippen LogP contribution in [0.4, 0.5) is 4.39 Å². The zero-order chi connectivity index (χ0) is 27.9. The van der Waals surface area contributed by atoms with Gasteiger partial charge in [-0.25, -0.2) is 0 Å². The number of nitrogens with zero attached hydrogens (tertiary/aromatic N) is 1. The summed E-state index contributed by atoms with van der Waals surface area (Å²) in [5.41, 5.74) is 7.02. The average molecular weight is 535 g/mol. The van der Waals surface area contributed by atoms with E-state index < -0.39 is 48.5 Å². The van der Waals surface area contributed by atoms with Crippen LogP contribution in [0.1, 0.15) is 70.3 Å². The molecule has 3 amide bonds. The first-order chi connectivity index (χ1) is 18.3. The quantitative estimate of drug-likeness (QED) is 0.240. The van der Waals surface area contributed by atoms with Crippen LogP contribution in [0.2, 0.25) is 0 Å². The average Bonchev–Trinajstić information content (AvgIpc) is 2.92. The lowest BCUT2D eigenvalue weighted by Crippen LogP contribution is -2.57. The summed E-state index contributed by atoms with van der Waals surface area (Å²) < 4.78 is 12.6. The third-order valence-electron chi connectivity index (χ3n) is 7.01. The normalized spacial score (nSPS) is 16.3. The lowest BCUT2D eigenvalue weighted by molar-refractivity contribution is -0.146. The molecule has 0 bridgehead atoms. The third kappa shape index (κ3) is 10.4. The minimum Gasteiger partial charge on any atom is -0.481 e. The van der Waals surface area contributed by atoms with Crippen molar-refractivity contribution in [2.24, 2.45) is 11.7 Å². The molecule has 1 aromatic rings. The SMILES string of the molecule is CCCCC(NC(=O)[C@@H](CCCCCF)NC(=O)[C@H](N)Cc1ccccc1)C(=O)N1CCC(C(=O)O)CC1. The van der Waals surface area contributed by atoms with Gasteiger partial charge >= 0.3 is 5.97 Å². The number of carboxylic acid groups (broad SMARTS) is 1. The number of rotatable bonds is 16. The van der Waals surface area contributed by atoms with Gasteiger partial charge in [0.1, 0.15) is 12.1 Å². The van der Waals surface area contributed by atoms with Gasteiger partial charge in [-0.1, -0.05) is 62.9 Å². The van der Waals surface area contributed by atoms with Crippen LogP contribution in [-0.4, -0.2) is 71.6 Å². The van der Waals surface area contributed by atoms with Crippen LogP contribution in [-0.2, 0) is 25.6 Å². The van der Waals surface area contributed by atoms with E-state index in [1.54, 1.807) is 4.90 Å². The number of nitrogens with one attached hydrogen (secondary N) is 2. The minimum absolute atomic E-state index is 0.237. The molecule has 1 aliphatic rings. The Bertz CT molecular complexity index is 892. The predicted molar refractivity (Wildman–Crippen MR) is 143 cm³/mol. The summed E-state index contributed by atoms with van der Waals surface area (Å²) >= 11 is 0. The van der Waals surface area contributed by atoms with Crippen molar-refractivity contribution in [2.75, 3.05) is 19.8 Å². The number of nitrogens with two attached hydrogens (primary N) is 1. The molecule has 0 spiro atoms. The molecule has 0 saturated carbocycles. The molecule has 2 rings (SSSR count). The van der Waals surface area contributed by atoms with Crippen LogP contribution in [0, 0.1) is 5.92 Å². The summed E-state index contributed by atoms with van der Waals surface area (Å²) in [7, 11) is 0. The van der Waals surface area contributed by atoms with E-state index in [9.17, 15) is 28.7 Å². The van der Waals surface area contributed by atoms with E-state index in [4.69, 9.17) is 5.73 Å². The van der Waals surface area contributed by atoms with E-state index in [1.165, 1.54) is 0 Å². The number of hydrogen-bond donors (Lipinski definition) is 4. The summed E-state index contributed by atoms with van der Waals surface area (Å²) in [6, 6.07) is 6.81. The van der Waals surface area contributed by atoms with Crippen LogP contribution in [0.15, 0.2) is 30.3 Å². The largest absolute Gasteiger partial charge is 0.481 e. The van der Waals surface area contributed by atoms with Gasteiger partial charge in [0.15, 0.2) is 0 Å². The summed E-state index contributed by atoms with van der Waals surface area (Å²) in [6.45, 7) is 2.19. The van der Waals surface area contributed by atoms with Crippen LogP contribution in [0.25, 0.3) is 0 Å². The molecule has 0 radical (unpaired) electrons.